The molecule has 2 fully saturated rings. The van der Waals surface area contributed by atoms with Gasteiger partial charge in [-0.2, -0.15) is 0 Å². The summed E-state index contributed by atoms with van der Waals surface area (Å²) in [7, 11) is 0. The molecule has 0 aromatic heterocycles. The van der Waals surface area contributed by atoms with Crippen LogP contribution < -0.4 is 10.6 Å². The lowest BCUT2D eigenvalue weighted by molar-refractivity contribution is -0.150. The summed E-state index contributed by atoms with van der Waals surface area (Å²) in [5.74, 6) is 1.53. The van der Waals surface area contributed by atoms with E-state index in [1.807, 2.05) is 9.80 Å². The number of hydrogen-bond acceptors (Lipinski definition) is 4. The van der Waals surface area contributed by atoms with Gasteiger partial charge in [-0.25, -0.2) is 0 Å². The molecule has 0 spiro atoms. The summed E-state index contributed by atoms with van der Waals surface area (Å²) in [6.07, 6.45) is 4.40. The van der Waals surface area contributed by atoms with E-state index in [0.717, 1.165) is 45.3 Å². The minimum absolute atomic E-state index is 0.00982. The quantitative estimate of drug-likeness (QED) is 0.596. The lowest BCUT2D eigenvalue weighted by atomic mass is 9.92. The van der Waals surface area contributed by atoms with Crippen molar-refractivity contribution in [2.75, 3.05) is 32.7 Å². The van der Waals surface area contributed by atoms with Crippen molar-refractivity contribution in [1.82, 2.24) is 20.4 Å². The van der Waals surface area contributed by atoms with Gasteiger partial charge in [-0.05, 0) is 49.9 Å². The Balaban J connectivity index is 1.98. The highest BCUT2D eigenvalue weighted by Gasteiger charge is 2.39. The molecule has 0 unspecified atom stereocenters. The molecule has 2 rings (SSSR count). The summed E-state index contributed by atoms with van der Waals surface area (Å²) in [5.41, 5.74) is 0. The number of likely N-dealkylation sites (tertiary alicyclic amines) is 1. The van der Waals surface area contributed by atoms with Crippen LogP contribution in [0.5, 0.6) is 0 Å². The lowest BCUT2D eigenvalue weighted by Crippen LogP contribution is -2.62. The first-order valence-corrected chi connectivity index (χ1v) is 11.8. The molecular formula is C23H42N4O3. The van der Waals surface area contributed by atoms with Crippen molar-refractivity contribution >= 4 is 17.7 Å². The lowest BCUT2D eigenvalue weighted by Gasteiger charge is -2.42. The van der Waals surface area contributed by atoms with Gasteiger partial charge in [0.25, 0.3) is 0 Å². The third-order valence-corrected chi connectivity index (χ3v) is 6.24. The van der Waals surface area contributed by atoms with Crippen molar-refractivity contribution in [2.45, 2.75) is 78.8 Å². The van der Waals surface area contributed by atoms with Crippen LogP contribution in [0.4, 0.5) is 0 Å². The highest BCUT2D eigenvalue weighted by molar-refractivity contribution is 5.90. The Labute approximate surface area is 182 Å². The van der Waals surface area contributed by atoms with Crippen LogP contribution in [0, 0.1) is 17.8 Å². The van der Waals surface area contributed by atoms with Crippen LogP contribution in [0.1, 0.15) is 66.7 Å². The summed E-state index contributed by atoms with van der Waals surface area (Å²) in [4.78, 5) is 41.5. The smallest absolute Gasteiger partial charge is 0.245 e. The van der Waals surface area contributed by atoms with Gasteiger partial charge < -0.3 is 20.4 Å². The van der Waals surface area contributed by atoms with Crippen LogP contribution in [-0.4, -0.2) is 72.3 Å². The molecular weight excluding hydrogens is 380 g/mol. The third-order valence-electron chi connectivity index (χ3n) is 6.24. The van der Waals surface area contributed by atoms with Crippen LogP contribution in [-0.2, 0) is 14.4 Å². The number of amides is 3. The molecule has 0 radical (unpaired) electrons. The van der Waals surface area contributed by atoms with Crippen molar-refractivity contribution in [3.63, 3.8) is 0 Å². The Hall–Kier alpha value is -1.63. The number of piperazine rings is 1. The molecule has 2 heterocycles. The zero-order valence-electron chi connectivity index (χ0n) is 19.6. The zero-order valence-corrected chi connectivity index (χ0v) is 19.6. The monoisotopic (exact) mass is 422 g/mol. The Bertz CT molecular complexity index is 585. The van der Waals surface area contributed by atoms with E-state index < -0.39 is 0 Å². The maximum atomic E-state index is 13.5. The summed E-state index contributed by atoms with van der Waals surface area (Å²) < 4.78 is 0. The van der Waals surface area contributed by atoms with E-state index in [4.69, 9.17) is 0 Å². The van der Waals surface area contributed by atoms with Gasteiger partial charge >= 0.3 is 0 Å². The number of nitrogens with zero attached hydrogens (tertiary/aromatic N) is 2. The molecule has 0 aromatic carbocycles. The number of carbonyl (C=O) groups excluding carboxylic acids is 3. The summed E-state index contributed by atoms with van der Waals surface area (Å²) in [5, 5.41) is 6.21. The Morgan fingerprint density at radius 2 is 1.77 bits per heavy atom. The first-order valence-electron chi connectivity index (χ1n) is 11.8. The van der Waals surface area contributed by atoms with Crippen molar-refractivity contribution in [3.8, 4) is 0 Å². The number of hydrogen-bond donors (Lipinski definition) is 2. The normalized spacial score (nSPS) is 22.0. The maximum Gasteiger partial charge on any atom is 0.245 e. The number of nitrogens with one attached hydrogen (secondary N) is 2. The second kappa shape index (κ2) is 11.7. The summed E-state index contributed by atoms with van der Waals surface area (Å²) in [6, 6.07) is -0.536. The maximum absolute atomic E-state index is 13.5. The Morgan fingerprint density at radius 3 is 2.33 bits per heavy atom. The topological polar surface area (TPSA) is 81.8 Å². The van der Waals surface area contributed by atoms with E-state index in [1.165, 1.54) is 0 Å². The van der Waals surface area contributed by atoms with E-state index in [0.29, 0.717) is 37.3 Å². The molecule has 3 amide bonds. The molecule has 2 aliphatic rings. The summed E-state index contributed by atoms with van der Waals surface area (Å²) in [6.45, 7) is 13.6. The van der Waals surface area contributed by atoms with Gasteiger partial charge in [-0.3, -0.25) is 14.4 Å². The Morgan fingerprint density at radius 1 is 1.10 bits per heavy atom. The van der Waals surface area contributed by atoms with Gasteiger partial charge in [0.1, 0.15) is 6.04 Å². The average Bonchev–Trinajstić information content (AvgIpc) is 2.67. The molecule has 30 heavy (non-hydrogen) atoms. The number of piperidine rings is 1. The third kappa shape index (κ3) is 7.25. The van der Waals surface area contributed by atoms with Gasteiger partial charge in [0, 0.05) is 39.6 Å². The fraction of sp³-hybridized carbons (Fsp3) is 0.870. The van der Waals surface area contributed by atoms with E-state index in [2.05, 4.69) is 38.3 Å². The minimum Gasteiger partial charge on any atom is -0.356 e. The molecule has 2 saturated heterocycles. The minimum atomic E-state index is -0.356. The van der Waals surface area contributed by atoms with E-state index in [-0.39, 0.29) is 29.8 Å². The van der Waals surface area contributed by atoms with Gasteiger partial charge in [0.05, 0.1) is 6.04 Å². The van der Waals surface area contributed by atoms with E-state index >= 15 is 0 Å². The molecule has 0 bridgehead atoms. The molecule has 0 aliphatic carbocycles. The van der Waals surface area contributed by atoms with Gasteiger partial charge in [0.2, 0.25) is 17.7 Å². The van der Waals surface area contributed by atoms with Crippen molar-refractivity contribution < 1.29 is 14.4 Å². The van der Waals surface area contributed by atoms with Crippen molar-refractivity contribution in [3.05, 3.63) is 0 Å². The molecule has 0 saturated carbocycles. The second-order valence-corrected chi connectivity index (χ2v) is 9.85. The molecule has 0 aromatic rings. The van der Waals surface area contributed by atoms with Crippen molar-refractivity contribution in [1.29, 1.82) is 0 Å². The largest absolute Gasteiger partial charge is 0.356 e. The molecule has 2 aliphatic heterocycles. The highest BCUT2D eigenvalue weighted by Crippen LogP contribution is 2.24. The van der Waals surface area contributed by atoms with Crippen LogP contribution in [0.15, 0.2) is 0 Å². The predicted molar refractivity (Wildman–Crippen MR) is 119 cm³/mol. The predicted octanol–water partition coefficient (Wildman–Crippen LogP) is 2.01. The SMILES string of the molecule is CC(=O)NCCC1CCN(C(=O)[C@H](CC(C)C)N2CCN[C@@H](CC(C)C)C2=O)CC1. The molecule has 2 atom stereocenters. The molecule has 2 N–H and O–H groups in total. The van der Waals surface area contributed by atoms with E-state index in [9.17, 15) is 14.4 Å². The molecule has 7 nitrogen and oxygen atoms in total. The average molecular weight is 423 g/mol. The molecule has 172 valence electrons. The number of rotatable bonds is 9. The standard InChI is InChI=1S/C23H42N4O3/c1-16(2)14-20-22(29)27(13-10-25-20)21(15-17(3)4)23(30)26-11-7-19(8-12-26)6-9-24-18(5)28/h16-17,19-21,25H,6-15H2,1-5H3,(H,24,28)/t20-,21-/m0/s1. The highest BCUT2D eigenvalue weighted by atomic mass is 16.2. The zero-order chi connectivity index (χ0) is 22.3. The van der Waals surface area contributed by atoms with E-state index in [1.54, 1.807) is 6.92 Å². The summed E-state index contributed by atoms with van der Waals surface area (Å²) >= 11 is 0. The van der Waals surface area contributed by atoms with Gasteiger partial charge in [-0.1, -0.05) is 27.7 Å². The number of carbonyl (C=O) groups is 3. The first-order chi connectivity index (χ1) is 14.2. The van der Waals surface area contributed by atoms with Gasteiger partial charge in [-0.15, -0.1) is 0 Å². The Kier molecular flexibility index (Phi) is 9.59. The van der Waals surface area contributed by atoms with Crippen LogP contribution in [0.3, 0.4) is 0 Å². The first kappa shape index (κ1) is 24.6. The van der Waals surface area contributed by atoms with Crippen LogP contribution >= 0.6 is 0 Å². The van der Waals surface area contributed by atoms with Crippen LogP contribution in [0.25, 0.3) is 0 Å². The van der Waals surface area contributed by atoms with Crippen LogP contribution in [0.2, 0.25) is 0 Å². The van der Waals surface area contributed by atoms with Gasteiger partial charge in [0.15, 0.2) is 0 Å². The van der Waals surface area contributed by atoms with Crippen molar-refractivity contribution in [2.24, 2.45) is 17.8 Å². The fourth-order valence-corrected chi connectivity index (χ4v) is 4.63. The second-order valence-electron chi connectivity index (χ2n) is 9.85. The molecule has 7 heteroatoms. The fourth-order valence-electron chi connectivity index (χ4n) is 4.63.